The zero-order valence-corrected chi connectivity index (χ0v) is 10.00. The van der Waals surface area contributed by atoms with E-state index < -0.39 is 0 Å². The summed E-state index contributed by atoms with van der Waals surface area (Å²) in [7, 11) is 0. The molecular formula is C11H18N4. The van der Waals surface area contributed by atoms with E-state index >= 15 is 0 Å². The van der Waals surface area contributed by atoms with Gasteiger partial charge in [-0.1, -0.05) is 13.8 Å². The highest BCUT2D eigenvalue weighted by Crippen LogP contribution is 2.15. The molecule has 0 saturated heterocycles. The van der Waals surface area contributed by atoms with Crippen LogP contribution in [0.15, 0.2) is 6.07 Å². The van der Waals surface area contributed by atoms with Crippen molar-refractivity contribution in [3.8, 4) is 0 Å². The smallest absolute Gasteiger partial charge is 0.177 e. The van der Waals surface area contributed by atoms with Crippen LogP contribution in [0.5, 0.6) is 0 Å². The van der Waals surface area contributed by atoms with Crippen molar-refractivity contribution in [2.75, 3.05) is 5.73 Å². The monoisotopic (exact) mass is 206 g/mol. The molecule has 82 valence electrons. The maximum Gasteiger partial charge on any atom is 0.177 e. The first-order chi connectivity index (χ1) is 7.09. The molecule has 2 aromatic heterocycles. The van der Waals surface area contributed by atoms with Gasteiger partial charge in [0, 0.05) is 0 Å². The van der Waals surface area contributed by atoms with Gasteiger partial charge < -0.3 is 5.73 Å². The Bertz CT molecular complexity index is 471. The topological polar surface area (TPSA) is 56.2 Å². The van der Waals surface area contributed by atoms with Gasteiger partial charge in [0.1, 0.15) is 0 Å². The van der Waals surface area contributed by atoms with Gasteiger partial charge >= 0.3 is 0 Å². The Balaban J connectivity index is 0.000000531. The summed E-state index contributed by atoms with van der Waals surface area (Å²) in [5.41, 5.74) is 10.2. The number of nitrogen functional groups attached to an aromatic ring is 1. The molecule has 0 saturated carbocycles. The summed E-state index contributed by atoms with van der Waals surface area (Å²) in [6.07, 6.45) is 0. The van der Waals surface area contributed by atoms with Gasteiger partial charge in [-0.25, -0.2) is 9.50 Å². The number of fused-ring (bicyclic) bond motifs is 1. The molecule has 0 aliphatic heterocycles. The Morgan fingerprint density at radius 3 is 2.40 bits per heavy atom. The summed E-state index contributed by atoms with van der Waals surface area (Å²) in [5.74, 6) is 0. The van der Waals surface area contributed by atoms with E-state index in [0.717, 1.165) is 22.7 Å². The van der Waals surface area contributed by atoms with E-state index in [1.165, 1.54) is 0 Å². The zero-order valence-electron chi connectivity index (χ0n) is 10.00. The number of imidazole rings is 1. The maximum atomic E-state index is 5.82. The van der Waals surface area contributed by atoms with Gasteiger partial charge in [-0.2, -0.15) is 5.10 Å². The largest absolute Gasteiger partial charge is 0.396 e. The predicted molar refractivity (Wildman–Crippen MR) is 63.0 cm³/mol. The number of nitrogens with two attached hydrogens (primary N) is 1. The molecule has 0 bridgehead atoms. The van der Waals surface area contributed by atoms with E-state index in [4.69, 9.17) is 5.73 Å². The predicted octanol–water partition coefficient (Wildman–Crippen LogP) is 2.26. The third kappa shape index (κ3) is 1.93. The van der Waals surface area contributed by atoms with Crippen molar-refractivity contribution in [2.24, 2.45) is 0 Å². The van der Waals surface area contributed by atoms with Crippen molar-refractivity contribution in [3.63, 3.8) is 0 Å². The van der Waals surface area contributed by atoms with Crippen molar-refractivity contribution in [1.29, 1.82) is 0 Å². The van der Waals surface area contributed by atoms with Crippen molar-refractivity contribution in [2.45, 2.75) is 34.6 Å². The Labute approximate surface area is 90.1 Å². The molecule has 0 aromatic carbocycles. The van der Waals surface area contributed by atoms with E-state index in [2.05, 4.69) is 10.1 Å². The molecule has 0 spiro atoms. The van der Waals surface area contributed by atoms with E-state index in [0.29, 0.717) is 5.69 Å². The highest BCUT2D eigenvalue weighted by atomic mass is 15.3. The molecular weight excluding hydrogens is 188 g/mol. The quantitative estimate of drug-likeness (QED) is 0.719. The number of rotatable bonds is 0. The van der Waals surface area contributed by atoms with Crippen LogP contribution in [-0.2, 0) is 0 Å². The maximum absolute atomic E-state index is 5.82. The molecule has 2 aromatic rings. The van der Waals surface area contributed by atoms with Crippen LogP contribution in [0.2, 0.25) is 0 Å². The molecule has 2 rings (SSSR count). The van der Waals surface area contributed by atoms with E-state index in [-0.39, 0.29) is 0 Å². The van der Waals surface area contributed by atoms with Gasteiger partial charge in [-0.05, 0) is 26.8 Å². The second kappa shape index (κ2) is 4.29. The first-order valence-electron chi connectivity index (χ1n) is 5.18. The van der Waals surface area contributed by atoms with Crippen LogP contribution < -0.4 is 5.73 Å². The minimum Gasteiger partial charge on any atom is -0.396 e. The molecule has 0 unspecified atom stereocenters. The minimum atomic E-state index is 0.684. The second-order valence-corrected chi connectivity index (χ2v) is 3.26. The van der Waals surface area contributed by atoms with Crippen molar-refractivity contribution in [1.82, 2.24) is 14.6 Å². The number of anilines is 1. The summed E-state index contributed by atoms with van der Waals surface area (Å²) in [6, 6.07) is 1.83. The Morgan fingerprint density at radius 2 is 1.80 bits per heavy atom. The van der Waals surface area contributed by atoms with Crippen LogP contribution in [0, 0.1) is 20.8 Å². The van der Waals surface area contributed by atoms with Gasteiger partial charge in [0.15, 0.2) is 5.65 Å². The summed E-state index contributed by atoms with van der Waals surface area (Å²) in [6.45, 7) is 9.87. The van der Waals surface area contributed by atoms with Crippen LogP contribution in [0.25, 0.3) is 5.65 Å². The third-order valence-electron chi connectivity index (χ3n) is 2.20. The van der Waals surface area contributed by atoms with Crippen LogP contribution in [0.3, 0.4) is 0 Å². The summed E-state index contributed by atoms with van der Waals surface area (Å²) in [5, 5.41) is 4.33. The van der Waals surface area contributed by atoms with Gasteiger partial charge in [0.2, 0.25) is 0 Å². The molecule has 0 aliphatic carbocycles. The van der Waals surface area contributed by atoms with Crippen molar-refractivity contribution in [3.05, 3.63) is 23.1 Å². The number of hydrogen-bond acceptors (Lipinski definition) is 3. The number of aryl methyl sites for hydroxylation is 3. The SMILES string of the molecule is CC.Cc1cc(N)c2nc(C)c(C)n2n1. The molecule has 0 amide bonds. The van der Waals surface area contributed by atoms with Gasteiger partial charge in [0.05, 0.1) is 22.8 Å². The van der Waals surface area contributed by atoms with Crippen molar-refractivity contribution < 1.29 is 0 Å². The standard InChI is InChI=1S/C9H12N4.C2H6/c1-5-4-8(10)9-11-6(2)7(3)13(9)12-5;1-2/h4H,10H2,1-3H3;1-2H3. The number of aromatic nitrogens is 3. The molecule has 0 fully saturated rings. The van der Waals surface area contributed by atoms with Crippen LogP contribution in [0.1, 0.15) is 30.9 Å². The summed E-state index contributed by atoms with van der Waals surface area (Å²) in [4.78, 5) is 4.33. The fraction of sp³-hybridized carbons (Fsp3) is 0.455. The number of nitrogens with zero attached hydrogens (tertiary/aromatic N) is 3. The lowest BCUT2D eigenvalue weighted by atomic mass is 10.4. The Kier molecular flexibility index (Phi) is 3.29. The van der Waals surface area contributed by atoms with Crippen molar-refractivity contribution >= 4 is 11.3 Å². The Morgan fingerprint density at radius 1 is 1.20 bits per heavy atom. The minimum absolute atomic E-state index is 0.684. The average Bonchev–Trinajstić information content (AvgIpc) is 2.49. The normalized spacial score (nSPS) is 9.93. The number of hydrogen-bond donors (Lipinski definition) is 1. The molecule has 4 nitrogen and oxygen atoms in total. The molecule has 0 atom stereocenters. The van der Waals surface area contributed by atoms with Gasteiger partial charge in [-0.15, -0.1) is 0 Å². The fourth-order valence-corrected chi connectivity index (χ4v) is 1.38. The highest BCUT2D eigenvalue weighted by Gasteiger charge is 2.08. The third-order valence-corrected chi connectivity index (χ3v) is 2.20. The van der Waals surface area contributed by atoms with Gasteiger partial charge in [-0.3, -0.25) is 0 Å². The van der Waals surface area contributed by atoms with E-state index in [1.54, 1.807) is 4.52 Å². The molecule has 4 heteroatoms. The van der Waals surface area contributed by atoms with E-state index in [9.17, 15) is 0 Å². The molecule has 2 heterocycles. The van der Waals surface area contributed by atoms with E-state index in [1.807, 2.05) is 40.7 Å². The van der Waals surface area contributed by atoms with Crippen LogP contribution in [0.4, 0.5) is 5.69 Å². The highest BCUT2D eigenvalue weighted by molar-refractivity contribution is 5.65. The average molecular weight is 206 g/mol. The molecule has 0 aliphatic rings. The Hall–Kier alpha value is -1.58. The summed E-state index contributed by atoms with van der Waals surface area (Å²) >= 11 is 0. The molecule has 15 heavy (non-hydrogen) atoms. The first kappa shape index (κ1) is 11.5. The lowest BCUT2D eigenvalue weighted by Crippen LogP contribution is -2.00. The zero-order chi connectivity index (χ0) is 11.6. The van der Waals surface area contributed by atoms with Crippen LogP contribution >= 0.6 is 0 Å². The molecule has 0 radical (unpaired) electrons. The first-order valence-corrected chi connectivity index (χ1v) is 5.18. The lowest BCUT2D eigenvalue weighted by molar-refractivity contribution is 0.869. The molecule has 2 N–H and O–H groups in total. The fourth-order valence-electron chi connectivity index (χ4n) is 1.38. The second-order valence-electron chi connectivity index (χ2n) is 3.26. The summed E-state index contributed by atoms with van der Waals surface area (Å²) < 4.78 is 1.79. The lowest BCUT2D eigenvalue weighted by Gasteiger charge is -1.99. The van der Waals surface area contributed by atoms with Gasteiger partial charge in [0.25, 0.3) is 0 Å². The van der Waals surface area contributed by atoms with Crippen LogP contribution in [-0.4, -0.2) is 14.6 Å².